The zero-order valence-corrected chi connectivity index (χ0v) is 20.7. The van der Waals surface area contributed by atoms with E-state index in [1.165, 1.54) is 36.1 Å². The fourth-order valence-electron chi connectivity index (χ4n) is 4.67. The molecule has 0 unspecified atom stereocenters. The van der Waals surface area contributed by atoms with Crippen molar-refractivity contribution in [1.29, 1.82) is 5.26 Å². The zero-order chi connectivity index (χ0) is 28.1. The predicted octanol–water partition coefficient (Wildman–Crippen LogP) is 3.86. The number of hydrogen-bond acceptors (Lipinski definition) is 7. The molecular weight excluding hydrogens is 517 g/mol. The lowest BCUT2D eigenvalue weighted by atomic mass is 9.93. The summed E-state index contributed by atoms with van der Waals surface area (Å²) in [6, 6.07) is 9.28. The minimum Gasteiger partial charge on any atom is -0.466 e. The maximum Gasteiger partial charge on any atom is 0.416 e. The summed E-state index contributed by atoms with van der Waals surface area (Å²) in [6.07, 6.45) is -1.21. The number of esters is 1. The standard InChI is InChI=1S/C26H21F3N6O4/c1-14-20(23(37)39-2)21(15-6-8-16(9-7-15)22(36)33(13-30)18-10-11-18)35-24(31-32-25(35)38)34(14)19-5-3-4-17(12-19)26(27,28)29/h3-9,12,18,21H,10-11H2,1-2H3,(H,32,38)/t21-/m1/s1. The van der Waals surface area contributed by atoms with Gasteiger partial charge in [-0.2, -0.15) is 18.4 Å². The molecule has 200 valence electrons. The van der Waals surface area contributed by atoms with Crippen LogP contribution in [0.15, 0.2) is 64.6 Å². The quantitative estimate of drug-likeness (QED) is 0.297. The van der Waals surface area contributed by atoms with E-state index in [0.29, 0.717) is 5.56 Å². The third kappa shape index (κ3) is 4.43. The first kappa shape index (κ1) is 25.8. The minimum absolute atomic E-state index is 0.0124. The highest BCUT2D eigenvalue weighted by Crippen LogP contribution is 2.42. The number of methoxy groups -OCH3 is 1. The van der Waals surface area contributed by atoms with Crippen molar-refractivity contribution in [3.63, 3.8) is 0 Å². The Balaban J connectivity index is 1.63. The van der Waals surface area contributed by atoms with Gasteiger partial charge in [0.2, 0.25) is 5.95 Å². The van der Waals surface area contributed by atoms with Crippen LogP contribution in [0.2, 0.25) is 0 Å². The van der Waals surface area contributed by atoms with E-state index >= 15 is 0 Å². The molecule has 2 aliphatic rings. The average molecular weight is 538 g/mol. The second-order valence-electron chi connectivity index (χ2n) is 9.10. The van der Waals surface area contributed by atoms with Gasteiger partial charge in [-0.05, 0) is 55.7 Å². The third-order valence-corrected chi connectivity index (χ3v) is 6.69. The van der Waals surface area contributed by atoms with Crippen LogP contribution in [0.3, 0.4) is 0 Å². The molecule has 1 saturated carbocycles. The summed E-state index contributed by atoms with van der Waals surface area (Å²) in [7, 11) is 1.15. The number of nitrogens with zero attached hydrogens (tertiary/aromatic N) is 5. The molecule has 39 heavy (non-hydrogen) atoms. The number of aromatic nitrogens is 3. The van der Waals surface area contributed by atoms with E-state index in [-0.39, 0.29) is 34.5 Å². The molecule has 10 nitrogen and oxygen atoms in total. The van der Waals surface area contributed by atoms with Crippen LogP contribution >= 0.6 is 0 Å². The molecule has 1 aliphatic carbocycles. The van der Waals surface area contributed by atoms with E-state index in [4.69, 9.17) is 4.74 Å². The molecule has 0 radical (unpaired) electrons. The number of ether oxygens (including phenoxy) is 1. The summed E-state index contributed by atoms with van der Waals surface area (Å²) in [5.74, 6) is -1.32. The van der Waals surface area contributed by atoms with Crippen molar-refractivity contribution in [2.45, 2.75) is 38.0 Å². The number of alkyl halides is 3. The fourth-order valence-corrected chi connectivity index (χ4v) is 4.67. The van der Waals surface area contributed by atoms with Crippen molar-refractivity contribution in [3.8, 4) is 6.19 Å². The molecule has 0 saturated heterocycles. The Kier molecular flexibility index (Phi) is 6.26. The average Bonchev–Trinajstić information content (AvgIpc) is 3.69. The first-order valence-corrected chi connectivity index (χ1v) is 11.8. The largest absolute Gasteiger partial charge is 0.466 e. The van der Waals surface area contributed by atoms with E-state index in [2.05, 4.69) is 10.2 Å². The number of aromatic amines is 1. The van der Waals surface area contributed by atoms with Crippen molar-refractivity contribution in [2.75, 3.05) is 12.0 Å². The Labute approximate surface area is 219 Å². The highest BCUT2D eigenvalue weighted by Gasteiger charge is 2.40. The Morgan fingerprint density at radius 2 is 1.87 bits per heavy atom. The van der Waals surface area contributed by atoms with Crippen molar-refractivity contribution in [2.24, 2.45) is 0 Å². The van der Waals surface area contributed by atoms with Crippen LogP contribution in [-0.2, 0) is 15.7 Å². The Hall–Kier alpha value is -4.86. The molecule has 1 N–H and O–H groups in total. The molecule has 2 aromatic carbocycles. The molecule has 3 aromatic rings. The summed E-state index contributed by atoms with van der Waals surface area (Å²) in [5, 5.41) is 15.7. The lowest BCUT2D eigenvalue weighted by Crippen LogP contribution is -2.37. The highest BCUT2D eigenvalue weighted by molar-refractivity contribution is 5.96. The van der Waals surface area contributed by atoms with Gasteiger partial charge >= 0.3 is 17.8 Å². The number of hydrogen-bond donors (Lipinski definition) is 1. The van der Waals surface area contributed by atoms with Crippen molar-refractivity contribution in [3.05, 3.63) is 87.0 Å². The first-order valence-electron chi connectivity index (χ1n) is 11.8. The van der Waals surface area contributed by atoms with Crippen LogP contribution in [0.25, 0.3) is 0 Å². The number of carbonyl (C=O) groups is 2. The van der Waals surface area contributed by atoms with Crippen molar-refractivity contribution in [1.82, 2.24) is 19.7 Å². The summed E-state index contributed by atoms with van der Waals surface area (Å²) < 4.78 is 46.5. The van der Waals surface area contributed by atoms with E-state index in [1.54, 1.807) is 12.1 Å². The molecule has 1 aliphatic heterocycles. The van der Waals surface area contributed by atoms with E-state index in [9.17, 15) is 32.8 Å². The van der Waals surface area contributed by atoms with Crippen LogP contribution in [0, 0.1) is 11.5 Å². The molecule has 1 fully saturated rings. The number of nitrogens with one attached hydrogen (secondary N) is 1. The van der Waals surface area contributed by atoms with Gasteiger partial charge in [0.05, 0.1) is 18.2 Å². The number of rotatable bonds is 5. The number of allylic oxidation sites excluding steroid dienone is 1. The van der Waals surface area contributed by atoms with Gasteiger partial charge in [-0.1, -0.05) is 18.2 Å². The maximum absolute atomic E-state index is 13.5. The van der Waals surface area contributed by atoms with Crippen LogP contribution in [0.4, 0.5) is 24.8 Å². The zero-order valence-electron chi connectivity index (χ0n) is 20.7. The lowest BCUT2D eigenvalue weighted by Gasteiger charge is -2.35. The first-order chi connectivity index (χ1) is 18.6. The fraction of sp³-hybridized carbons (Fsp3) is 0.269. The summed E-state index contributed by atoms with van der Waals surface area (Å²) in [5.41, 5.74) is -0.769. The molecule has 2 heterocycles. The molecule has 1 atom stereocenters. The van der Waals surface area contributed by atoms with Gasteiger partial charge in [0.15, 0.2) is 6.19 Å². The normalized spacial score (nSPS) is 16.9. The molecule has 0 spiro atoms. The summed E-state index contributed by atoms with van der Waals surface area (Å²) in [4.78, 5) is 41.2. The lowest BCUT2D eigenvalue weighted by molar-refractivity contribution is -0.138. The van der Waals surface area contributed by atoms with Gasteiger partial charge in [-0.15, -0.1) is 5.10 Å². The van der Waals surface area contributed by atoms with Gasteiger partial charge in [-0.25, -0.2) is 24.2 Å². The van der Waals surface area contributed by atoms with Crippen LogP contribution in [0.1, 0.15) is 47.3 Å². The van der Waals surface area contributed by atoms with Gasteiger partial charge in [0.1, 0.15) is 6.04 Å². The topological polar surface area (TPSA) is 124 Å². The predicted molar refractivity (Wildman–Crippen MR) is 131 cm³/mol. The van der Waals surface area contributed by atoms with Gasteiger partial charge in [-0.3, -0.25) is 9.69 Å². The van der Waals surface area contributed by atoms with Gasteiger partial charge in [0.25, 0.3) is 5.91 Å². The maximum atomic E-state index is 13.5. The Morgan fingerprint density at radius 3 is 2.46 bits per heavy atom. The second-order valence-corrected chi connectivity index (χ2v) is 9.10. The number of benzene rings is 2. The van der Waals surface area contributed by atoms with Gasteiger partial charge < -0.3 is 4.74 Å². The number of anilines is 2. The van der Waals surface area contributed by atoms with E-state index in [0.717, 1.165) is 41.6 Å². The van der Waals surface area contributed by atoms with Crippen molar-refractivity contribution >= 4 is 23.5 Å². The second kappa shape index (κ2) is 9.46. The smallest absolute Gasteiger partial charge is 0.416 e. The van der Waals surface area contributed by atoms with Crippen LogP contribution in [0.5, 0.6) is 0 Å². The van der Waals surface area contributed by atoms with Gasteiger partial charge in [0, 0.05) is 23.0 Å². The Morgan fingerprint density at radius 1 is 1.18 bits per heavy atom. The molecule has 0 bridgehead atoms. The highest BCUT2D eigenvalue weighted by atomic mass is 19.4. The molecule has 13 heteroatoms. The number of H-pyrrole nitrogens is 1. The molecule has 5 rings (SSSR count). The Bertz CT molecular complexity index is 1600. The van der Waals surface area contributed by atoms with Crippen LogP contribution < -0.4 is 10.6 Å². The minimum atomic E-state index is -4.62. The number of carbonyl (C=O) groups excluding carboxylic acids is 2. The molecular formula is C26H21F3N6O4. The number of nitriles is 1. The van der Waals surface area contributed by atoms with E-state index in [1.807, 2.05) is 6.19 Å². The van der Waals surface area contributed by atoms with Crippen molar-refractivity contribution < 1.29 is 27.5 Å². The van der Waals surface area contributed by atoms with Crippen LogP contribution in [-0.4, -0.2) is 44.7 Å². The molecule has 1 aromatic heterocycles. The summed E-state index contributed by atoms with van der Waals surface area (Å²) in [6.45, 7) is 1.51. The summed E-state index contributed by atoms with van der Waals surface area (Å²) >= 11 is 0. The number of fused-ring (bicyclic) bond motifs is 1. The number of amides is 1. The SMILES string of the molecule is COC(=O)C1=C(C)N(c2cccc(C(F)(F)F)c2)c2n[nH]c(=O)n2[C@@H]1c1ccc(C(=O)N(C#N)C2CC2)cc1. The number of halogens is 3. The molecule has 1 amide bonds. The monoisotopic (exact) mass is 538 g/mol. The van der Waals surface area contributed by atoms with E-state index < -0.39 is 35.3 Å². The third-order valence-electron chi connectivity index (χ3n) is 6.69.